The molecule has 7 nitrogen and oxygen atoms in total. The van der Waals surface area contributed by atoms with Crippen LogP contribution in [-0.4, -0.2) is 49.7 Å². The van der Waals surface area contributed by atoms with E-state index < -0.39 is 0 Å². The topological polar surface area (TPSA) is 77.1 Å². The predicted octanol–water partition coefficient (Wildman–Crippen LogP) is 2.80. The molecule has 1 fully saturated rings. The second-order valence-electron chi connectivity index (χ2n) is 7.93. The highest BCUT2D eigenvalue weighted by Crippen LogP contribution is 2.37. The Morgan fingerprint density at radius 2 is 1.90 bits per heavy atom. The SMILES string of the molecule is COc1cccc(C2CN(C(=O)c3ccc4c(c3)OCO4)CC2C(=O)NC(C)C)c1. The van der Waals surface area contributed by atoms with Crippen molar-refractivity contribution in [3.63, 3.8) is 0 Å². The number of hydrogen-bond donors (Lipinski definition) is 1. The number of rotatable bonds is 5. The van der Waals surface area contributed by atoms with Gasteiger partial charge in [0.1, 0.15) is 5.75 Å². The molecule has 2 aromatic rings. The second kappa shape index (κ2) is 8.26. The van der Waals surface area contributed by atoms with Crippen molar-refractivity contribution in [1.82, 2.24) is 10.2 Å². The lowest BCUT2D eigenvalue weighted by Crippen LogP contribution is -2.39. The molecule has 2 atom stereocenters. The van der Waals surface area contributed by atoms with Crippen LogP contribution in [0.15, 0.2) is 42.5 Å². The zero-order valence-electron chi connectivity index (χ0n) is 17.4. The Balaban J connectivity index is 1.60. The van der Waals surface area contributed by atoms with Crippen LogP contribution in [0, 0.1) is 5.92 Å². The van der Waals surface area contributed by atoms with Gasteiger partial charge < -0.3 is 24.4 Å². The lowest BCUT2D eigenvalue weighted by atomic mass is 9.88. The van der Waals surface area contributed by atoms with Crippen LogP contribution in [0.4, 0.5) is 0 Å². The smallest absolute Gasteiger partial charge is 0.254 e. The van der Waals surface area contributed by atoms with Gasteiger partial charge in [-0.05, 0) is 49.7 Å². The van der Waals surface area contributed by atoms with Crippen molar-refractivity contribution < 1.29 is 23.8 Å². The van der Waals surface area contributed by atoms with Gasteiger partial charge in [0.25, 0.3) is 5.91 Å². The first-order chi connectivity index (χ1) is 14.5. The van der Waals surface area contributed by atoms with E-state index in [1.165, 1.54) is 0 Å². The fourth-order valence-corrected chi connectivity index (χ4v) is 4.05. The summed E-state index contributed by atoms with van der Waals surface area (Å²) < 4.78 is 16.1. The summed E-state index contributed by atoms with van der Waals surface area (Å²) in [5, 5.41) is 3.00. The van der Waals surface area contributed by atoms with Crippen LogP contribution in [0.5, 0.6) is 17.2 Å². The number of nitrogens with one attached hydrogen (secondary N) is 1. The number of amides is 2. The Morgan fingerprint density at radius 3 is 2.67 bits per heavy atom. The fraction of sp³-hybridized carbons (Fsp3) is 0.391. The Kier molecular flexibility index (Phi) is 5.53. The third-order valence-electron chi connectivity index (χ3n) is 5.52. The van der Waals surface area contributed by atoms with Gasteiger partial charge in [-0.15, -0.1) is 0 Å². The van der Waals surface area contributed by atoms with Crippen LogP contribution in [0.3, 0.4) is 0 Å². The van der Waals surface area contributed by atoms with E-state index in [0.29, 0.717) is 30.2 Å². The van der Waals surface area contributed by atoms with Gasteiger partial charge in [-0.3, -0.25) is 9.59 Å². The van der Waals surface area contributed by atoms with Gasteiger partial charge in [-0.1, -0.05) is 12.1 Å². The molecule has 7 heteroatoms. The van der Waals surface area contributed by atoms with Crippen molar-refractivity contribution in [3.8, 4) is 17.2 Å². The Bertz CT molecular complexity index is 958. The van der Waals surface area contributed by atoms with E-state index in [1.807, 2.05) is 38.1 Å². The minimum atomic E-state index is -0.336. The van der Waals surface area contributed by atoms with E-state index >= 15 is 0 Å². The van der Waals surface area contributed by atoms with Crippen molar-refractivity contribution in [2.75, 3.05) is 27.0 Å². The molecule has 0 spiro atoms. The number of benzene rings is 2. The Labute approximate surface area is 175 Å². The van der Waals surface area contributed by atoms with Crippen molar-refractivity contribution in [2.24, 2.45) is 5.92 Å². The molecule has 0 aliphatic carbocycles. The van der Waals surface area contributed by atoms with Crippen LogP contribution in [0.1, 0.15) is 35.7 Å². The van der Waals surface area contributed by atoms with Crippen LogP contribution in [0.2, 0.25) is 0 Å². The number of fused-ring (bicyclic) bond motifs is 1. The average Bonchev–Trinajstić information content (AvgIpc) is 3.39. The van der Waals surface area contributed by atoms with Gasteiger partial charge in [0.2, 0.25) is 12.7 Å². The zero-order chi connectivity index (χ0) is 21.3. The Hall–Kier alpha value is -3.22. The molecule has 158 valence electrons. The number of nitrogens with zero attached hydrogens (tertiary/aromatic N) is 1. The molecule has 2 heterocycles. The van der Waals surface area contributed by atoms with Crippen molar-refractivity contribution in [3.05, 3.63) is 53.6 Å². The number of ether oxygens (including phenoxy) is 3. The predicted molar refractivity (Wildman–Crippen MR) is 111 cm³/mol. The molecular formula is C23H26N2O5. The van der Waals surface area contributed by atoms with E-state index in [2.05, 4.69) is 5.32 Å². The minimum absolute atomic E-state index is 0.0297. The van der Waals surface area contributed by atoms with Gasteiger partial charge in [0.05, 0.1) is 13.0 Å². The summed E-state index contributed by atoms with van der Waals surface area (Å²) in [4.78, 5) is 27.9. The van der Waals surface area contributed by atoms with Gasteiger partial charge in [0, 0.05) is 30.6 Å². The maximum Gasteiger partial charge on any atom is 0.254 e. The number of methoxy groups -OCH3 is 1. The first-order valence-corrected chi connectivity index (χ1v) is 10.1. The maximum atomic E-state index is 13.2. The van der Waals surface area contributed by atoms with E-state index in [4.69, 9.17) is 14.2 Å². The van der Waals surface area contributed by atoms with E-state index in [1.54, 1.807) is 30.2 Å². The zero-order valence-corrected chi connectivity index (χ0v) is 17.4. The van der Waals surface area contributed by atoms with E-state index in [0.717, 1.165) is 11.3 Å². The van der Waals surface area contributed by atoms with Crippen LogP contribution >= 0.6 is 0 Å². The fourth-order valence-electron chi connectivity index (χ4n) is 4.05. The molecular weight excluding hydrogens is 384 g/mol. The van der Waals surface area contributed by atoms with Crippen molar-refractivity contribution in [1.29, 1.82) is 0 Å². The summed E-state index contributed by atoms with van der Waals surface area (Å²) in [7, 11) is 1.62. The lowest BCUT2D eigenvalue weighted by Gasteiger charge is -2.20. The van der Waals surface area contributed by atoms with Gasteiger partial charge in [-0.2, -0.15) is 0 Å². The molecule has 4 rings (SSSR count). The summed E-state index contributed by atoms with van der Waals surface area (Å²) in [6.45, 7) is 4.84. The molecule has 2 aliphatic rings. The minimum Gasteiger partial charge on any atom is -0.497 e. The lowest BCUT2D eigenvalue weighted by molar-refractivity contribution is -0.125. The molecule has 1 saturated heterocycles. The van der Waals surface area contributed by atoms with Crippen LogP contribution < -0.4 is 19.5 Å². The molecule has 0 radical (unpaired) electrons. The second-order valence-corrected chi connectivity index (χ2v) is 7.93. The normalized spacial score (nSPS) is 19.8. The van der Waals surface area contributed by atoms with Crippen molar-refractivity contribution >= 4 is 11.8 Å². The summed E-state index contributed by atoms with van der Waals surface area (Å²) in [6, 6.07) is 12.9. The first kappa shape index (κ1) is 20.1. The number of carbonyl (C=O) groups is 2. The van der Waals surface area contributed by atoms with Gasteiger partial charge in [-0.25, -0.2) is 0 Å². The van der Waals surface area contributed by atoms with Crippen LogP contribution in [0.25, 0.3) is 0 Å². The van der Waals surface area contributed by atoms with Crippen LogP contribution in [-0.2, 0) is 4.79 Å². The number of carbonyl (C=O) groups excluding carboxylic acids is 2. The molecule has 1 N–H and O–H groups in total. The molecule has 0 bridgehead atoms. The largest absolute Gasteiger partial charge is 0.497 e. The number of hydrogen-bond acceptors (Lipinski definition) is 5. The molecule has 2 amide bonds. The summed E-state index contributed by atoms with van der Waals surface area (Å²) in [5.74, 6) is 1.32. The third-order valence-corrected chi connectivity index (χ3v) is 5.52. The van der Waals surface area contributed by atoms with Gasteiger partial charge in [0.15, 0.2) is 11.5 Å². The maximum absolute atomic E-state index is 13.2. The molecule has 30 heavy (non-hydrogen) atoms. The first-order valence-electron chi connectivity index (χ1n) is 10.1. The average molecular weight is 410 g/mol. The van der Waals surface area contributed by atoms with Gasteiger partial charge >= 0.3 is 0 Å². The quantitative estimate of drug-likeness (QED) is 0.820. The molecule has 2 aliphatic heterocycles. The van der Waals surface area contributed by atoms with Crippen molar-refractivity contribution in [2.45, 2.75) is 25.8 Å². The Morgan fingerprint density at radius 1 is 1.10 bits per heavy atom. The summed E-state index contributed by atoms with van der Waals surface area (Å²) in [5.41, 5.74) is 1.51. The highest BCUT2D eigenvalue weighted by atomic mass is 16.7. The summed E-state index contributed by atoms with van der Waals surface area (Å²) in [6.07, 6.45) is 0. The standard InChI is InChI=1S/C23H26N2O5/c1-14(2)24-22(26)19-12-25(11-18(19)15-5-4-6-17(9-15)28-3)23(27)16-7-8-20-21(10-16)30-13-29-20/h4-10,14,18-19H,11-13H2,1-3H3,(H,24,26). The molecule has 2 aromatic carbocycles. The monoisotopic (exact) mass is 410 g/mol. The number of likely N-dealkylation sites (tertiary alicyclic amines) is 1. The summed E-state index contributed by atoms with van der Waals surface area (Å²) >= 11 is 0. The van der Waals surface area contributed by atoms with E-state index in [-0.39, 0.29) is 36.5 Å². The molecule has 0 saturated carbocycles. The highest BCUT2D eigenvalue weighted by Gasteiger charge is 2.41. The highest BCUT2D eigenvalue weighted by molar-refractivity contribution is 5.96. The van der Waals surface area contributed by atoms with E-state index in [9.17, 15) is 9.59 Å². The molecule has 2 unspecified atom stereocenters. The molecule has 0 aromatic heterocycles. The third kappa shape index (κ3) is 3.92.